The van der Waals surface area contributed by atoms with Crippen molar-refractivity contribution in [2.24, 2.45) is 0 Å². The number of rotatable bonds is 2. The summed E-state index contributed by atoms with van der Waals surface area (Å²) in [5.74, 6) is -0.366. The molecule has 0 radical (unpaired) electrons. The Morgan fingerprint density at radius 1 is 1.07 bits per heavy atom. The maximum absolute atomic E-state index is 12.8. The number of ether oxygens (including phenoxy) is 1. The maximum atomic E-state index is 12.8. The van der Waals surface area contributed by atoms with Gasteiger partial charge in [0.1, 0.15) is 11.1 Å². The molecule has 7 heteroatoms. The number of nitrogens with zero attached hydrogens (tertiary/aromatic N) is 1. The van der Waals surface area contributed by atoms with Crippen molar-refractivity contribution in [3.63, 3.8) is 0 Å². The van der Waals surface area contributed by atoms with Gasteiger partial charge in [0.2, 0.25) is 5.76 Å². The zero-order valence-corrected chi connectivity index (χ0v) is 17.4. The number of carbonyl (C=O) groups is 1. The molecule has 0 aliphatic rings. The third-order valence-electron chi connectivity index (χ3n) is 4.26. The lowest BCUT2D eigenvalue weighted by Gasteiger charge is -2.10. The van der Waals surface area contributed by atoms with Crippen molar-refractivity contribution in [1.82, 2.24) is 4.98 Å². The van der Waals surface area contributed by atoms with Gasteiger partial charge in [-0.25, -0.2) is 9.78 Å². The van der Waals surface area contributed by atoms with Crippen molar-refractivity contribution in [3.05, 3.63) is 67.9 Å². The average molecular weight is 465 g/mol. The van der Waals surface area contributed by atoms with Gasteiger partial charge in [0, 0.05) is 26.5 Å². The summed E-state index contributed by atoms with van der Waals surface area (Å²) in [4.78, 5) is 17.2. The highest BCUT2D eigenvalue weighted by atomic mass is 79.9. The summed E-state index contributed by atoms with van der Waals surface area (Å²) in [6.07, 6.45) is 0. The van der Waals surface area contributed by atoms with Crippen LogP contribution in [0.4, 0.5) is 0 Å². The molecule has 2 aromatic carbocycles. The fraction of sp³-hybridized carbons (Fsp3) is 0.100. The van der Waals surface area contributed by atoms with Gasteiger partial charge in [-0.05, 0) is 50.2 Å². The molecular weight excluding hydrogens is 453 g/mol. The molecular formula is C20H12BrCl2NO3. The van der Waals surface area contributed by atoms with E-state index in [-0.39, 0.29) is 16.5 Å². The number of fused-ring (bicyclic) bond motifs is 2. The van der Waals surface area contributed by atoms with Crippen LogP contribution in [0.2, 0.25) is 10.0 Å². The van der Waals surface area contributed by atoms with Gasteiger partial charge < -0.3 is 9.15 Å². The molecule has 2 heterocycles. The molecule has 0 spiro atoms. The van der Waals surface area contributed by atoms with Gasteiger partial charge in [0.25, 0.3) is 0 Å². The number of hydrogen-bond donors (Lipinski definition) is 0. The van der Waals surface area contributed by atoms with Crippen molar-refractivity contribution in [1.29, 1.82) is 0 Å². The number of aromatic nitrogens is 1. The Bertz CT molecular complexity index is 1230. The molecule has 4 aromatic rings. The smallest absolute Gasteiger partial charge is 0.380 e. The number of furan rings is 1. The van der Waals surface area contributed by atoms with E-state index in [1.165, 1.54) is 6.07 Å². The predicted molar refractivity (Wildman–Crippen MR) is 110 cm³/mol. The van der Waals surface area contributed by atoms with Crippen LogP contribution in [0.5, 0.6) is 5.75 Å². The van der Waals surface area contributed by atoms with Crippen LogP contribution in [0.15, 0.2) is 45.3 Å². The Morgan fingerprint density at radius 3 is 2.63 bits per heavy atom. The highest BCUT2D eigenvalue weighted by molar-refractivity contribution is 9.10. The first-order valence-electron chi connectivity index (χ1n) is 8.01. The molecule has 0 saturated heterocycles. The van der Waals surface area contributed by atoms with Crippen LogP contribution in [0.3, 0.4) is 0 Å². The molecule has 0 atom stereocenters. The molecule has 0 N–H and O–H groups in total. The lowest BCUT2D eigenvalue weighted by Crippen LogP contribution is -2.10. The highest BCUT2D eigenvalue weighted by Crippen LogP contribution is 2.38. The van der Waals surface area contributed by atoms with Crippen LogP contribution in [0.1, 0.15) is 21.8 Å². The topological polar surface area (TPSA) is 52.3 Å². The summed E-state index contributed by atoms with van der Waals surface area (Å²) in [5.41, 5.74) is 2.47. The first-order valence-corrected chi connectivity index (χ1v) is 9.56. The molecule has 2 aromatic heterocycles. The molecule has 136 valence electrons. The minimum atomic E-state index is -0.645. The molecule has 0 fully saturated rings. The molecule has 0 saturated carbocycles. The molecule has 0 bridgehead atoms. The van der Waals surface area contributed by atoms with Crippen molar-refractivity contribution in [3.8, 4) is 5.75 Å². The zero-order valence-electron chi connectivity index (χ0n) is 14.3. The van der Waals surface area contributed by atoms with Crippen molar-refractivity contribution in [2.45, 2.75) is 13.8 Å². The van der Waals surface area contributed by atoms with Gasteiger partial charge in [-0.15, -0.1) is 0 Å². The molecule has 0 unspecified atom stereocenters. The largest absolute Gasteiger partial charge is 0.449 e. The first-order chi connectivity index (χ1) is 12.8. The van der Waals surface area contributed by atoms with Gasteiger partial charge in [0.15, 0.2) is 5.75 Å². The van der Waals surface area contributed by atoms with Crippen LogP contribution in [-0.2, 0) is 0 Å². The molecule has 4 rings (SSSR count). The summed E-state index contributed by atoms with van der Waals surface area (Å²) in [7, 11) is 0. The van der Waals surface area contributed by atoms with Gasteiger partial charge in [0.05, 0.1) is 10.0 Å². The van der Waals surface area contributed by atoms with Crippen LogP contribution >= 0.6 is 39.1 Å². The minimum absolute atomic E-state index is 0.120. The SMILES string of the molecule is Cc1ccc2c(Cl)cc(Cl)c(OC(=O)c3oc4ccc(Br)cc4c3C)c2n1. The van der Waals surface area contributed by atoms with Gasteiger partial charge in [-0.3, -0.25) is 0 Å². The molecule has 4 nitrogen and oxygen atoms in total. The fourth-order valence-corrected chi connectivity index (χ4v) is 3.83. The number of halogens is 3. The van der Waals surface area contributed by atoms with Crippen LogP contribution in [0.25, 0.3) is 21.9 Å². The van der Waals surface area contributed by atoms with E-state index in [0.29, 0.717) is 27.1 Å². The number of hydrogen-bond acceptors (Lipinski definition) is 4. The molecule has 0 aliphatic carbocycles. The van der Waals surface area contributed by atoms with Gasteiger partial charge in [-0.2, -0.15) is 0 Å². The second-order valence-corrected chi connectivity index (χ2v) is 7.83. The molecule has 0 aliphatic heterocycles. The van der Waals surface area contributed by atoms with Gasteiger partial charge in [-0.1, -0.05) is 39.1 Å². The fourth-order valence-electron chi connectivity index (χ4n) is 2.91. The Balaban J connectivity index is 1.82. The standard InChI is InChI=1S/C20H12BrCl2NO3/c1-9-3-5-12-14(22)8-15(23)19(17(12)24-9)27-20(25)18-10(2)13-7-11(21)4-6-16(13)26-18/h3-8H,1-2H3. The summed E-state index contributed by atoms with van der Waals surface area (Å²) in [6.45, 7) is 3.64. The lowest BCUT2D eigenvalue weighted by molar-refractivity contribution is 0.0705. The van der Waals surface area contributed by atoms with E-state index in [1.54, 1.807) is 13.0 Å². The third kappa shape index (κ3) is 3.20. The number of aryl methyl sites for hydroxylation is 2. The van der Waals surface area contributed by atoms with E-state index in [4.69, 9.17) is 32.4 Å². The van der Waals surface area contributed by atoms with E-state index in [0.717, 1.165) is 15.6 Å². The van der Waals surface area contributed by atoms with Crippen LogP contribution in [-0.4, -0.2) is 11.0 Å². The minimum Gasteiger partial charge on any atom is -0.449 e. The second-order valence-electron chi connectivity index (χ2n) is 6.10. The third-order valence-corrected chi connectivity index (χ3v) is 5.34. The zero-order chi connectivity index (χ0) is 19.3. The predicted octanol–water partition coefficient (Wildman–Crippen LogP) is 6.89. The maximum Gasteiger partial charge on any atom is 0.380 e. The van der Waals surface area contributed by atoms with E-state index < -0.39 is 5.97 Å². The van der Waals surface area contributed by atoms with Crippen molar-refractivity contribution in [2.75, 3.05) is 0 Å². The Labute approximate surface area is 173 Å². The summed E-state index contributed by atoms with van der Waals surface area (Å²) in [6, 6.07) is 10.7. The number of benzene rings is 2. The van der Waals surface area contributed by atoms with Crippen molar-refractivity contribution >= 4 is 67.0 Å². The summed E-state index contributed by atoms with van der Waals surface area (Å²) in [5, 5.41) is 2.12. The Kier molecular flexibility index (Phi) is 4.62. The lowest BCUT2D eigenvalue weighted by atomic mass is 10.1. The highest BCUT2D eigenvalue weighted by Gasteiger charge is 2.23. The van der Waals surface area contributed by atoms with E-state index in [9.17, 15) is 4.79 Å². The van der Waals surface area contributed by atoms with E-state index in [2.05, 4.69) is 20.9 Å². The molecule has 27 heavy (non-hydrogen) atoms. The normalized spacial score (nSPS) is 11.3. The van der Waals surface area contributed by atoms with Crippen LogP contribution < -0.4 is 4.74 Å². The van der Waals surface area contributed by atoms with Crippen LogP contribution in [0, 0.1) is 13.8 Å². The second kappa shape index (κ2) is 6.82. The van der Waals surface area contributed by atoms with Gasteiger partial charge >= 0.3 is 5.97 Å². The number of esters is 1. The first kappa shape index (κ1) is 18.3. The summed E-state index contributed by atoms with van der Waals surface area (Å²) < 4.78 is 12.2. The monoisotopic (exact) mass is 463 g/mol. The summed E-state index contributed by atoms with van der Waals surface area (Å²) >= 11 is 16.0. The van der Waals surface area contributed by atoms with E-state index >= 15 is 0 Å². The van der Waals surface area contributed by atoms with Crippen molar-refractivity contribution < 1.29 is 13.9 Å². The quantitative estimate of drug-likeness (QED) is 0.239. The Hall–Kier alpha value is -2.08. The number of pyridine rings is 1. The van der Waals surface area contributed by atoms with E-state index in [1.807, 2.05) is 31.2 Å². The Morgan fingerprint density at radius 2 is 1.85 bits per heavy atom. The average Bonchev–Trinajstić information content (AvgIpc) is 2.94. The number of carbonyl (C=O) groups excluding carboxylic acids is 1. The molecule has 0 amide bonds.